The molecule has 7 heteroatoms. The number of para-hydroxylation sites is 1. The molecule has 0 atom stereocenters. The van der Waals surface area contributed by atoms with E-state index in [-0.39, 0.29) is 23.1 Å². The second-order valence-corrected chi connectivity index (χ2v) is 5.16. The van der Waals surface area contributed by atoms with Crippen molar-refractivity contribution < 1.29 is 22.8 Å². The molecule has 0 unspecified atom stereocenters. The molecule has 3 heterocycles. The molecule has 0 aliphatic rings. The van der Waals surface area contributed by atoms with E-state index < -0.39 is 5.97 Å². The molecule has 4 rings (SSSR count). The summed E-state index contributed by atoms with van der Waals surface area (Å²) in [5, 5.41) is 0. The fourth-order valence-corrected chi connectivity index (χ4v) is 2.15. The molecular weight excluding hydrogens is 336 g/mol. The highest BCUT2D eigenvalue weighted by molar-refractivity contribution is 5.92. The van der Waals surface area contributed by atoms with Crippen molar-refractivity contribution in [3.63, 3.8) is 0 Å². The Bertz CT molecular complexity index is 1020. The standard InChI is InChI=1S/C19H12N2O5/c22-18(13-8-10-23-12-13)26-19-15(11-20-14-5-2-1-3-6-14)21-17(25-19)16-7-4-9-24-16/h1-12H. The van der Waals surface area contributed by atoms with Crippen molar-refractivity contribution >= 4 is 17.9 Å². The second-order valence-electron chi connectivity index (χ2n) is 5.16. The molecule has 0 aliphatic heterocycles. The van der Waals surface area contributed by atoms with Gasteiger partial charge in [-0.15, -0.1) is 0 Å². The Labute approximate surface area is 147 Å². The highest BCUT2D eigenvalue weighted by Gasteiger charge is 2.20. The van der Waals surface area contributed by atoms with Gasteiger partial charge in [0, 0.05) is 0 Å². The first kappa shape index (κ1) is 15.6. The number of ether oxygens (including phenoxy) is 1. The SMILES string of the molecule is O=C(Oc1oc(-c2ccco2)nc1C=Nc1ccccc1)c1ccoc1. The van der Waals surface area contributed by atoms with Gasteiger partial charge >= 0.3 is 11.9 Å². The van der Waals surface area contributed by atoms with E-state index in [0.717, 1.165) is 5.69 Å². The van der Waals surface area contributed by atoms with Gasteiger partial charge in [-0.3, -0.25) is 4.99 Å². The van der Waals surface area contributed by atoms with Gasteiger partial charge in [-0.2, -0.15) is 0 Å². The molecule has 0 saturated heterocycles. The molecule has 0 radical (unpaired) electrons. The van der Waals surface area contributed by atoms with Crippen molar-refractivity contribution in [2.45, 2.75) is 0 Å². The Morgan fingerprint density at radius 3 is 2.69 bits per heavy atom. The molecule has 0 saturated carbocycles. The normalized spacial score (nSPS) is 11.1. The maximum Gasteiger partial charge on any atom is 0.349 e. The number of rotatable bonds is 5. The van der Waals surface area contributed by atoms with E-state index in [4.69, 9.17) is 18.0 Å². The molecule has 0 spiro atoms. The van der Waals surface area contributed by atoms with Crippen molar-refractivity contribution in [1.29, 1.82) is 0 Å². The lowest BCUT2D eigenvalue weighted by molar-refractivity contribution is 0.0694. The predicted octanol–water partition coefficient (Wildman–Crippen LogP) is 4.50. The van der Waals surface area contributed by atoms with Crippen LogP contribution in [0.2, 0.25) is 0 Å². The van der Waals surface area contributed by atoms with Gasteiger partial charge in [0.25, 0.3) is 5.89 Å². The lowest BCUT2D eigenvalue weighted by Gasteiger charge is -1.98. The summed E-state index contributed by atoms with van der Waals surface area (Å²) in [6, 6.07) is 14.2. The van der Waals surface area contributed by atoms with Crippen LogP contribution >= 0.6 is 0 Å². The van der Waals surface area contributed by atoms with Crippen LogP contribution in [-0.4, -0.2) is 17.2 Å². The highest BCUT2D eigenvalue weighted by Crippen LogP contribution is 2.28. The van der Waals surface area contributed by atoms with Gasteiger partial charge in [0.2, 0.25) is 0 Å². The van der Waals surface area contributed by atoms with Crippen molar-refractivity contribution in [2.75, 3.05) is 0 Å². The van der Waals surface area contributed by atoms with E-state index in [9.17, 15) is 4.79 Å². The smallest absolute Gasteiger partial charge is 0.349 e. The van der Waals surface area contributed by atoms with Gasteiger partial charge in [-0.1, -0.05) is 18.2 Å². The monoisotopic (exact) mass is 348 g/mol. The Morgan fingerprint density at radius 1 is 1.08 bits per heavy atom. The maximum absolute atomic E-state index is 12.2. The summed E-state index contributed by atoms with van der Waals surface area (Å²) in [5.74, 6) is -0.123. The van der Waals surface area contributed by atoms with Crippen molar-refractivity contribution in [2.24, 2.45) is 4.99 Å². The molecule has 0 amide bonds. The highest BCUT2D eigenvalue weighted by atomic mass is 16.6. The van der Waals surface area contributed by atoms with E-state index in [0.29, 0.717) is 5.76 Å². The molecule has 0 N–H and O–H groups in total. The topological polar surface area (TPSA) is 91.0 Å². The third-order valence-corrected chi connectivity index (χ3v) is 3.39. The zero-order chi connectivity index (χ0) is 17.8. The number of aliphatic imine (C=N–C) groups is 1. The van der Waals surface area contributed by atoms with Crippen molar-refractivity contribution in [3.05, 3.63) is 78.6 Å². The molecule has 0 bridgehead atoms. The summed E-state index contributed by atoms with van der Waals surface area (Å²) >= 11 is 0. The van der Waals surface area contributed by atoms with Crippen LogP contribution in [0.1, 0.15) is 16.1 Å². The van der Waals surface area contributed by atoms with Gasteiger partial charge in [0.15, 0.2) is 11.5 Å². The first-order valence-corrected chi connectivity index (χ1v) is 7.68. The first-order valence-electron chi connectivity index (χ1n) is 7.68. The van der Waals surface area contributed by atoms with E-state index in [1.165, 1.54) is 31.1 Å². The summed E-state index contributed by atoms with van der Waals surface area (Å²) < 4.78 is 21.0. The Morgan fingerprint density at radius 2 is 1.96 bits per heavy atom. The summed E-state index contributed by atoms with van der Waals surface area (Å²) in [6.45, 7) is 0. The minimum atomic E-state index is -0.629. The van der Waals surface area contributed by atoms with Crippen molar-refractivity contribution in [1.82, 2.24) is 4.98 Å². The van der Waals surface area contributed by atoms with Gasteiger partial charge in [-0.05, 0) is 30.3 Å². The molecule has 0 fully saturated rings. The molecule has 4 aromatic rings. The molecule has 0 aliphatic carbocycles. The number of carbonyl (C=O) groups excluding carboxylic acids is 1. The minimum Gasteiger partial charge on any atom is -0.472 e. The zero-order valence-corrected chi connectivity index (χ0v) is 13.4. The van der Waals surface area contributed by atoms with Crippen LogP contribution in [0.4, 0.5) is 5.69 Å². The predicted molar refractivity (Wildman–Crippen MR) is 91.6 cm³/mol. The van der Waals surface area contributed by atoms with Crippen LogP contribution in [0.25, 0.3) is 11.7 Å². The number of hydrogen-bond acceptors (Lipinski definition) is 7. The molecule has 128 valence electrons. The fourth-order valence-electron chi connectivity index (χ4n) is 2.15. The van der Waals surface area contributed by atoms with E-state index >= 15 is 0 Å². The van der Waals surface area contributed by atoms with Crippen LogP contribution in [0, 0.1) is 0 Å². The number of benzene rings is 1. The molecular formula is C19H12N2O5. The van der Waals surface area contributed by atoms with E-state index in [1.54, 1.807) is 12.1 Å². The fraction of sp³-hybridized carbons (Fsp3) is 0. The number of esters is 1. The quantitative estimate of drug-likeness (QED) is 0.390. The van der Waals surface area contributed by atoms with Gasteiger partial charge in [0.05, 0.1) is 30.0 Å². The summed E-state index contributed by atoms with van der Waals surface area (Å²) in [6.07, 6.45) is 5.62. The molecule has 26 heavy (non-hydrogen) atoms. The van der Waals surface area contributed by atoms with Gasteiger partial charge in [0.1, 0.15) is 6.26 Å². The molecule has 7 nitrogen and oxygen atoms in total. The number of hydrogen-bond donors (Lipinski definition) is 0. The Kier molecular flexibility index (Phi) is 4.17. The van der Waals surface area contributed by atoms with Crippen LogP contribution in [-0.2, 0) is 0 Å². The zero-order valence-electron chi connectivity index (χ0n) is 13.4. The number of nitrogens with zero attached hydrogens (tertiary/aromatic N) is 2. The average Bonchev–Trinajstić information content (AvgIpc) is 3.42. The van der Waals surface area contributed by atoms with Crippen LogP contribution in [0.15, 0.2) is 85.6 Å². The van der Waals surface area contributed by atoms with Crippen LogP contribution in [0.3, 0.4) is 0 Å². The lowest BCUT2D eigenvalue weighted by atomic mass is 10.3. The van der Waals surface area contributed by atoms with Gasteiger partial charge in [-0.25, -0.2) is 9.78 Å². The van der Waals surface area contributed by atoms with Crippen LogP contribution < -0.4 is 4.74 Å². The van der Waals surface area contributed by atoms with Gasteiger partial charge < -0.3 is 18.0 Å². The largest absolute Gasteiger partial charge is 0.472 e. The third kappa shape index (κ3) is 3.32. The Hall–Kier alpha value is -3.87. The number of furan rings is 2. The number of carbonyl (C=O) groups is 1. The third-order valence-electron chi connectivity index (χ3n) is 3.39. The number of oxazole rings is 1. The summed E-state index contributed by atoms with van der Waals surface area (Å²) in [5.41, 5.74) is 1.24. The summed E-state index contributed by atoms with van der Waals surface area (Å²) in [7, 11) is 0. The summed E-state index contributed by atoms with van der Waals surface area (Å²) in [4.78, 5) is 20.8. The second kappa shape index (κ2) is 6.94. The minimum absolute atomic E-state index is 0.0812. The van der Waals surface area contributed by atoms with E-state index in [2.05, 4.69) is 9.98 Å². The first-order chi connectivity index (χ1) is 12.8. The number of aromatic nitrogens is 1. The van der Waals surface area contributed by atoms with E-state index in [1.807, 2.05) is 30.3 Å². The van der Waals surface area contributed by atoms with Crippen LogP contribution in [0.5, 0.6) is 5.95 Å². The lowest BCUT2D eigenvalue weighted by Crippen LogP contribution is -2.07. The average molecular weight is 348 g/mol. The maximum atomic E-state index is 12.2. The molecule has 3 aromatic heterocycles. The molecule has 1 aromatic carbocycles. The Balaban J connectivity index is 1.66. The van der Waals surface area contributed by atoms with Crippen molar-refractivity contribution in [3.8, 4) is 17.6 Å².